The summed E-state index contributed by atoms with van der Waals surface area (Å²) in [5.41, 5.74) is 0. The Morgan fingerprint density at radius 3 is 2.27 bits per heavy atom. The lowest BCUT2D eigenvalue weighted by atomic mass is 9.92. The molecule has 0 saturated carbocycles. The molecule has 1 aliphatic rings. The van der Waals surface area contributed by atoms with Crippen LogP contribution in [0.4, 0.5) is 0 Å². The van der Waals surface area contributed by atoms with E-state index in [1.54, 1.807) is 0 Å². The predicted molar refractivity (Wildman–Crippen MR) is 67.2 cm³/mol. The van der Waals surface area contributed by atoms with Gasteiger partial charge in [-0.25, -0.2) is 0 Å². The van der Waals surface area contributed by atoms with Crippen LogP contribution in [-0.4, -0.2) is 37.6 Å². The summed E-state index contributed by atoms with van der Waals surface area (Å²) in [5, 5.41) is 3.26. The second kappa shape index (κ2) is 7.24. The summed E-state index contributed by atoms with van der Waals surface area (Å²) < 4.78 is 0. The summed E-state index contributed by atoms with van der Waals surface area (Å²) in [6.45, 7) is 8.50. The van der Waals surface area contributed by atoms with Gasteiger partial charge in [-0.05, 0) is 64.7 Å². The summed E-state index contributed by atoms with van der Waals surface area (Å²) >= 11 is 0. The van der Waals surface area contributed by atoms with E-state index in [0.717, 1.165) is 12.0 Å². The van der Waals surface area contributed by atoms with Crippen LogP contribution in [0, 0.1) is 5.92 Å². The molecular weight excluding hydrogens is 184 g/mol. The van der Waals surface area contributed by atoms with Gasteiger partial charge in [0.2, 0.25) is 0 Å². The lowest BCUT2D eigenvalue weighted by Crippen LogP contribution is -2.41. The van der Waals surface area contributed by atoms with E-state index < -0.39 is 0 Å². The van der Waals surface area contributed by atoms with E-state index in [2.05, 4.69) is 31.1 Å². The summed E-state index contributed by atoms with van der Waals surface area (Å²) in [6, 6.07) is 0.843. The quantitative estimate of drug-likeness (QED) is 0.728. The molecular formula is C13H28N2. The first-order valence-corrected chi connectivity index (χ1v) is 6.70. The topological polar surface area (TPSA) is 15.3 Å². The van der Waals surface area contributed by atoms with Crippen molar-refractivity contribution in [2.75, 3.05) is 26.7 Å². The van der Waals surface area contributed by atoms with Gasteiger partial charge in [0.25, 0.3) is 0 Å². The Morgan fingerprint density at radius 1 is 1.20 bits per heavy atom. The highest BCUT2D eigenvalue weighted by molar-refractivity contribution is 4.77. The van der Waals surface area contributed by atoms with E-state index in [1.807, 2.05) is 0 Å². The number of nitrogens with zero attached hydrogens (tertiary/aromatic N) is 1. The summed E-state index contributed by atoms with van der Waals surface area (Å²) in [4.78, 5) is 2.70. The fourth-order valence-corrected chi connectivity index (χ4v) is 2.76. The van der Waals surface area contributed by atoms with Gasteiger partial charge < -0.3 is 10.2 Å². The highest BCUT2D eigenvalue weighted by Gasteiger charge is 2.22. The van der Waals surface area contributed by atoms with Gasteiger partial charge in [0.15, 0.2) is 0 Å². The molecule has 0 aliphatic carbocycles. The highest BCUT2D eigenvalue weighted by atomic mass is 15.2. The van der Waals surface area contributed by atoms with Crippen molar-refractivity contribution >= 4 is 0 Å². The van der Waals surface area contributed by atoms with Crippen molar-refractivity contribution in [3.8, 4) is 0 Å². The minimum atomic E-state index is 0.843. The highest BCUT2D eigenvalue weighted by Crippen LogP contribution is 2.23. The second-order valence-corrected chi connectivity index (χ2v) is 4.84. The first-order valence-electron chi connectivity index (χ1n) is 6.70. The van der Waals surface area contributed by atoms with E-state index in [9.17, 15) is 0 Å². The van der Waals surface area contributed by atoms with Crippen LogP contribution in [0.2, 0.25) is 0 Å². The first kappa shape index (κ1) is 13.0. The van der Waals surface area contributed by atoms with Crippen LogP contribution in [0.25, 0.3) is 0 Å². The van der Waals surface area contributed by atoms with Crippen molar-refractivity contribution in [2.45, 2.75) is 52.0 Å². The second-order valence-electron chi connectivity index (χ2n) is 4.84. The molecule has 1 heterocycles. The minimum absolute atomic E-state index is 0.843. The fourth-order valence-electron chi connectivity index (χ4n) is 2.76. The average Bonchev–Trinajstić information content (AvgIpc) is 2.29. The Bertz CT molecular complexity index is 147. The third-order valence-electron chi connectivity index (χ3n) is 3.91. The molecule has 0 amide bonds. The van der Waals surface area contributed by atoms with E-state index in [1.165, 1.54) is 51.7 Å². The molecule has 1 fully saturated rings. The molecule has 1 N–H and O–H groups in total. The van der Waals surface area contributed by atoms with Crippen molar-refractivity contribution in [3.63, 3.8) is 0 Å². The van der Waals surface area contributed by atoms with Crippen molar-refractivity contribution in [1.82, 2.24) is 10.2 Å². The Labute approximate surface area is 95.4 Å². The van der Waals surface area contributed by atoms with Crippen LogP contribution < -0.4 is 5.32 Å². The monoisotopic (exact) mass is 212 g/mol. The molecule has 2 nitrogen and oxygen atoms in total. The van der Waals surface area contributed by atoms with Crippen LogP contribution in [0.5, 0.6) is 0 Å². The van der Waals surface area contributed by atoms with Gasteiger partial charge in [0.05, 0.1) is 0 Å². The molecule has 15 heavy (non-hydrogen) atoms. The van der Waals surface area contributed by atoms with Crippen molar-refractivity contribution in [1.29, 1.82) is 0 Å². The molecule has 0 aromatic carbocycles. The zero-order valence-corrected chi connectivity index (χ0v) is 10.8. The third-order valence-corrected chi connectivity index (χ3v) is 3.91. The lowest BCUT2D eigenvalue weighted by molar-refractivity contribution is 0.123. The van der Waals surface area contributed by atoms with Gasteiger partial charge in [-0.3, -0.25) is 0 Å². The third kappa shape index (κ3) is 4.12. The van der Waals surface area contributed by atoms with Crippen LogP contribution in [0.3, 0.4) is 0 Å². The smallest absolute Gasteiger partial charge is 0.00900 e. The molecule has 0 atom stereocenters. The van der Waals surface area contributed by atoms with E-state index in [-0.39, 0.29) is 0 Å². The molecule has 1 rings (SSSR count). The fraction of sp³-hybridized carbons (Fsp3) is 1.00. The standard InChI is InChI=1S/C13H28N2/c1-4-13(5-2)15-10-7-12(8-11-15)6-9-14-3/h12-14H,4-11H2,1-3H3. The molecule has 1 aliphatic heterocycles. The lowest BCUT2D eigenvalue weighted by Gasteiger charge is -2.37. The molecule has 1 saturated heterocycles. The van der Waals surface area contributed by atoms with E-state index >= 15 is 0 Å². The van der Waals surface area contributed by atoms with Gasteiger partial charge in [-0.1, -0.05) is 13.8 Å². The maximum Gasteiger partial charge on any atom is 0.00900 e. The Hall–Kier alpha value is -0.0800. The molecule has 0 spiro atoms. The van der Waals surface area contributed by atoms with Crippen LogP contribution >= 0.6 is 0 Å². The van der Waals surface area contributed by atoms with Gasteiger partial charge in [0, 0.05) is 6.04 Å². The van der Waals surface area contributed by atoms with Gasteiger partial charge in [0.1, 0.15) is 0 Å². The van der Waals surface area contributed by atoms with E-state index in [4.69, 9.17) is 0 Å². The molecule has 0 radical (unpaired) electrons. The average molecular weight is 212 g/mol. The number of piperidine rings is 1. The summed E-state index contributed by atoms with van der Waals surface area (Å²) in [6.07, 6.45) is 6.83. The largest absolute Gasteiger partial charge is 0.320 e. The van der Waals surface area contributed by atoms with Crippen molar-refractivity contribution in [2.24, 2.45) is 5.92 Å². The maximum absolute atomic E-state index is 3.26. The van der Waals surface area contributed by atoms with Gasteiger partial charge in [-0.15, -0.1) is 0 Å². The Kier molecular flexibility index (Phi) is 6.26. The summed E-state index contributed by atoms with van der Waals surface area (Å²) in [7, 11) is 2.05. The molecule has 2 heteroatoms. The molecule has 0 unspecified atom stereocenters. The predicted octanol–water partition coefficient (Wildman–Crippen LogP) is 2.50. The van der Waals surface area contributed by atoms with Crippen molar-refractivity contribution in [3.05, 3.63) is 0 Å². The van der Waals surface area contributed by atoms with Crippen LogP contribution in [-0.2, 0) is 0 Å². The maximum atomic E-state index is 3.26. The molecule has 0 aromatic heterocycles. The molecule has 0 bridgehead atoms. The first-order chi connectivity index (χ1) is 7.31. The minimum Gasteiger partial charge on any atom is -0.320 e. The Morgan fingerprint density at radius 2 is 1.80 bits per heavy atom. The summed E-state index contributed by atoms with van der Waals surface area (Å²) in [5.74, 6) is 0.975. The molecule has 0 aromatic rings. The van der Waals surface area contributed by atoms with Crippen molar-refractivity contribution < 1.29 is 0 Å². The van der Waals surface area contributed by atoms with Gasteiger partial charge >= 0.3 is 0 Å². The molecule has 90 valence electrons. The van der Waals surface area contributed by atoms with E-state index in [0.29, 0.717) is 0 Å². The number of likely N-dealkylation sites (tertiary alicyclic amines) is 1. The zero-order valence-electron chi connectivity index (χ0n) is 10.8. The number of rotatable bonds is 6. The normalized spacial score (nSPS) is 20.0. The Balaban J connectivity index is 2.22. The zero-order chi connectivity index (χ0) is 11.1. The number of nitrogens with one attached hydrogen (secondary N) is 1. The number of hydrogen-bond donors (Lipinski definition) is 1. The SMILES string of the molecule is CCC(CC)N1CCC(CCNC)CC1. The van der Waals surface area contributed by atoms with Crippen LogP contribution in [0.1, 0.15) is 46.0 Å². The number of hydrogen-bond acceptors (Lipinski definition) is 2. The van der Waals surface area contributed by atoms with Gasteiger partial charge in [-0.2, -0.15) is 0 Å². The van der Waals surface area contributed by atoms with Crippen LogP contribution in [0.15, 0.2) is 0 Å².